The van der Waals surface area contributed by atoms with Gasteiger partial charge in [-0.2, -0.15) is 4.31 Å². The predicted octanol–water partition coefficient (Wildman–Crippen LogP) is 4.13. The molecule has 0 spiro atoms. The molecule has 1 aromatic heterocycles. The van der Waals surface area contributed by atoms with Crippen LogP contribution in [0.5, 0.6) is 11.5 Å². The fourth-order valence-electron chi connectivity index (χ4n) is 3.40. The minimum Gasteiger partial charge on any atom is -0.497 e. The Hall–Kier alpha value is -2.40. The second kappa shape index (κ2) is 9.22. The third-order valence-corrected chi connectivity index (χ3v) is 8.26. The zero-order valence-corrected chi connectivity index (χ0v) is 19.8. The van der Waals surface area contributed by atoms with E-state index in [0.29, 0.717) is 37.7 Å². The van der Waals surface area contributed by atoms with Gasteiger partial charge >= 0.3 is 0 Å². The molecule has 0 unspecified atom stereocenters. The van der Waals surface area contributed by atoms with Crippen LogP contribution in [0.1, 0.15) is 0 Å². The number of halogens is 2. The molecule has 7 nitrogen and oxygen atoms in total. The first-order valence-electron chi connectivity index (χ1n) is 9.71. The van der Waals surface area contributed by atoms with Gasteiger partial charge in [-0.1, -0.05) is 11.6 Å². The summed E-state index contributed by atoms with van der Waals surface area (Å²) in [5.74, 6) is 0.700. The number of methoxy groups -OCH3 is 2. The van der Waals surface area contributed by atoms with Crippen molar-refractivity contribution >= 4 is 38.1 Å². The van der Waals surface area contributed by atoms with E-state index in [2.05, 4.69) is 4.90 Å². The molecule has 2 heterocycles. The van der Waals surface area contributed by atoms with Gasteiger partial charge in [0.15, 0.2) is 5.13 Å². The smallest absolute Gasteiger partial charge is 0.243 e. The normalized spacial score (nSPS) is 15.1. The van der Waals surface area contributed by atoms with Crippen molar-refractivity contribution in [2.45, 2.75) is 4.90 Å². The summed E-state index contributed by atoms with van der Waals surface area (Å²) in [5.41, 5.74) is 1.66. The molecule has 1 aliphatic rings. The molecule has 32 heavy (non-hydrogen) atoms. The zero-order valence-electron chi connectivity index (χ0n) is 17.4. The number of sulfonamides is 1. The number of nitrogens with zero attached hydrogens (tertiary/aromatic N) is 3. The van der Waals surface area contributed by atoms with Gasteiger partial charge < -0.3 is 14.4 Å². The average molecular weight is 498 g/mol. The van der Waals surface area contributed by atoms with Crippen molar-refractivity contribution < 1.29 is 22.3 Å². The van der Waals surface area contributed by atoms with E-state index in [1.165, 1.54) is 21.7 Å². The Morgan fingerprint density at radius 2 is 1.69 bits per heavy atom. The van der Waals surface area contributed by atoms with E-state index < -0.39 is 15.8 Å². The van der Waals surface area contributed by atoms with Gasteiger partial charge in [0, 0.05) is 43.2 Å². The van der Waals surface area contributed by atoms with Crippen molar-refractivity contribution in [3.05, 3.63) is 52.6 Å². The number of piperazine rings is 1. The van der Waals surface area contributed by atoms with Crippen LogP contribution in [0.25, 0.3) is 11.3 Å². The Bertz CT molecular complexity index is 1210. The molecule has 1 aliphatic heterocycles. The summed E-state index contributed by atoms with van der Waals surface area (Å²) in [7, 11) is -0.558. The fraction of sp³-hybridized carbons (Fsp3) is 0.286. The highest BCUT2D eigenvalue weighted by Crippen LogP contribution is 2.33. The van der Waals surface area contributed by atoms with Crippen molar-refractivity contribution in [3.63, 3.8) is 0 Å². The lowest BCUT2D eigenvalue weighted by Crippen LogP contribution is -2.48. The van der Waals surface area contributed by atoms with Gasteiger partial charge in [0.1, 0.15) is 17.3 Å². The Balaban J connectivity index is 1.47. The van der Waals surface area contributed by atoms with Crippen molar-refractivity contribution in [1.82, 2.24) is 9.29 Å². The summed E-state index contributed by atoms with van der Waals surface area (Å²) in [4.78, 5) is 6.77. The lowest BCUT2D eigenvalue weighted by Gasteiger charge is -2.33. The van der Waals surface area contributed by atoms with E-state index in [1.54, 1.807) is 20.3 Å². The van der Waals surface area contributed by atoms with Gasteiger partial charge in [0.25, 0.3) is 0 Å². The molecule has 1 saturated heterocycles. The van der Waals surface area contributed by atoms with Gasteiger partial charge in [-0.15, -0.1) is 11.3 Å². The van der Waals surface area contributed by atoms with Gasteiger partial charge in [0.05, 0.1) is 29.8 Å². The van der Waals surface area contributed by atoms with Crippen molar-refractivity contribution in [2.75, 3.05) is 45.3 Å². The van der Waals surface area contributed by atoms with E-state index in [1.807, 2.05) is 17.5 Å². The molecule has 11 heteroatoms. The topological polar surface area (TPSA) is 72.0 Å². The molecule has 0 amide bonds. The number of thiazole rings is 1. The lowest BCUT2D eigenvalue weighted by atomic mass is 10.1. The number of ether oxygens (including phenoxy) is 2. The molecule has 0 atom stereocenters. The largest absolute Gasteiger partial charge is 0.497 e. The summed E-state index contributed by atoms with van der Waals surface area (Å²) >= 11 is 7.26. The van der Waals surface area contributed by atoms with Gasteiger partial charge in [-0.05, 0) is 30.3 Å². The summed E-state index contributed by atoms with van der Waals surface area (Å²) in [6.45, 7) is 1.56. The molecular formula is C21H21ClFN3O4S2. The summed E-state index contributed by atoms with van der Waals surface area (Å²) in [5, 5.41) is 2.55. The van der Waals surface area contributed by atoms with Gasteiger partial charge in [0.2, 0.25) is 10.0 Å². The third-order valence-electron chi connectivity index (χ3n) is 5.18. The molecule has 0 N–H and O–H groups in total. The highest BCUT2D eigenvalue weighted by molar-refractivity contribution is 7.89. The first kappa shape index (κ1) is 22.8. The molecular weight excluding hydrogens is 477 g/mol. The van der Waals surface area contributed by atoms with Crippen LogP contribution < -0.4 is 14.4 Å². The van der Waals surface area contributed by atoms with Crippen LogP contribution in [-0.2, 0) is 10.0 Å². The number of anilines is 1. The second-order valence-corrected chi connectivity index (χ2v) is 10.3. The van der Waals surface area contributed by atoms with Crippen LogP contribution >= 0.6 is 22.9 Å². The Morgan fingerprint density at radius 3 is 2.28 bits per heavy atom. The summed E-state index contributed by atoms with van der Waals surface area (Å²) in [6.07, 6.45) is 0. The fourth-order valence-corrected chi connectivity index (χ4v) is 5.99. The van der Waals surface area contributed by atoms with E-state index in [9.17, 15) is 12.8 Å². The van der Waals surface area contributed by atoms with Crippen molar-refractivity contribution in [2.24, 2.45) is 0 Å². The lowest BCUT2D eigenvalue weighted by molar-refractivity contribution is 0.384. The minimum absolute atomic E-state index is 0.0131. The van der Waals surface area contributed by atoms with Crippen LogP contribution in [0.2, 0.25) is 5.02 Å². The maximum atomic E-state index is 13.4. The maximum Gasteiger partial charge on any atom is 0.243 e. The molecule has 3 aromatic rings. The van der Waals surface area contributed by atoms with Crippen LogP contribution in [0.15, 0.2) is 46.7 Å². The quantitative estimate of drug-likeness (QED) is 0.510. The van der Waals surface area contributed by atoms with Gasteiger partial charge in [-0.25, -0.2) is 17.8 Å². The molecule has 4 rings (SSSR count). The monoisotopic (exact) mass is 497 g/mol. The van der Waals surface area contributed by atoms with Crippen molar-refractivity contribution in [3.8, 4) is 22.8 Å². The molecule has 0 saturated carbocycles. The first-order chi connectivity index (χ1) is 15.3. The Morgan fingerprint density at radius 1 is 1.03 bits per heavy atom. The molecule has 0 aliphatic carbocycles. The van der Waals surface area contributed by atoms with Crippen LogP contribution in [-0.4, -0.2) is 58.1 Å². The standard InChI is InChI=1S/C21H21ClFN3O4S2/c1-29-15-9-14(10-16(11-15)30-2)20-13-31-21(24-20)25-5-7-26(8-6-25)32(27,28)17-3-4-19(23)18(22)12-17/h3-4,9-13H,5-8H2,1-2H3. The number of aromatic nitrogens is 1. The first-order valence-corrected chi connectivity index (χ1v) is 12.4. The summed E-state index contributed by atoms with van der Waals surface area (Å²) in [6, 6.07) is 9.02. The number of hydrogen-bond acceptors (Lipinski definition) is 7. The van der Waals surface area contributed by atoms with Gasteiger partial charge in [-0.3, -0.25) is 0 Å². The predicted molar refractivity (Wildman–Crippen MR) is 123 cm³/mol. The molecule has 0 radical (unpaired) electrons. The Kier molecular flexibility index (Phi) is 6.57. The van der Waals surface area contributed by atoms with Crippen molar-refractivity contribution in [1.29, 1.82) is 0 Å². The second-order valence-electron chi connectivity index (χ2n) is 7.08. The number of rotatable bonds is 6. The maximum absolute atomic E-state index is 13.4. The van der Waals surface area contributed by atoms with Crippen LogP contribution in [0.4, 0.5) is 9.52 Å². The molecule has 0 bridgehead atoms. The highest BCUT2D eigenvalue weighted by atomic mass is 35.5. The zero-order chi connectivity index (χ0) is 22.9. The van der Waals surface area contributed by atoms with E-state index >= 15 is 0 Å². The number of hydrogen-bond donors (Lipinski definition) is 0. The summed E-state index contributed by atoms with van der Waals surface area (Å²) < 4.78 is 51.2. The number of benzene rings is 2. The van der Waals surface area contributed by atoms with Crippen LogP contribution in [0, 0.1) is 5.82 Å². The minimum atomic E-state index is -3.75. The SMILES string of the molecule is COc1cc(OC)cc(-c2csc(N3CCN(S(=O)(=O)c4ccc(F)c(Cl)c4)CC3)n2)c1. The van der Waals surface area contributed by atoms with E-state index in [4.69, 9.17) is 26.1 Å². The molecule has 1 fully saturated rings. The van der Waals surface area contributed by atoms with E-state index in [0.717, 1.165) is 28.5 Å². The molecule has 2 aromatic carbocycles. The third kappa shape index (κ3) is 4.54. The van der Waals surface area contributed by atoms with E-state index in [-0.39, 0.29) is 9.92 Å². The Labute approximate surface area is 195 Å². The average Bonchev–Trinajstić information content (AvgIpc) is 3.31. The van der Waals surface area contributed by atoms with Crippen LogP contribution in [0.3, 0.4) is 0 Å². The highest BCUT2D eigenvalue weighted by Gasteiger charge is 2.30. The molecule has 170 valence electrons.